The largest absolute Gasteiger partial charge is 0.481 e. The van der Waals surface area contributed by atoms with E-state index in [0.29, 0.717) is 18.8 Å². The number of hydrogen-bond acceptors (Lipinski definition) is 4. The van der Waals surface area contributed by atoms with E-state index in [2.05, 4.69) is 12.2 Å². The summed E-state index contributed by atoms with van der Waals surface area (Å²) < 4.78 is 0. The van der Waals surface area contributed by atoms with E-state index in [1.165, 1.54) is 0 Å². The summed E-state index contributed by atoms with van der Waals surface area (Å²) in [6.45, 7) is 2.28. The van der Waals surface area contributed by atoms with E-state index in [-0.39, 0.29) is 6.54 Å². The Balaban J connectivity index is 2.35. The van der Waals surface area contributed by atoms with Gasteiger partial charge in [-0.2, -0.15) is 0 Å². The van der Waals surface area contributed by atoms with E-state index in [4.69, 9.17) is 10.8 Å². The number of nitrogens with one attached hydrogen (secondary N) is 1. The molecule has 6 heteroatoms. The molecule has 0 aromatic rings. The molecule has 1 saturated carbocycles. The van der Waals surface area contributed by atoms with Gasteiger partial charge >= 0.3 is 5.97 Å². The summed E-state index contributed by atoms with van der Waals surface area (Å²) in [6, 6.07) is -1.06. The van der Waals surface area contributed by atoms with Gasteiger partial charge in [0.2, 0.25) is 5.91 Å². The average molecular weight is 258 g/mol. The first-order valence-electron chi connectivity index (χ1n) is 6.30. The lowest BCUT2D eigenvalue weighted by Crippen LogP contribution is -2.49. The molecule has 0 aromatic carbocycles. The molecule has 0 spiro atoms. The first kappa shape index (κ1) is 14.9. The van der Waals surface area contributed by atoms with Crippen LogP contribution >= 0.6 is 0 Å². The Kier molecular flexibility index (Phi) is 5.10. The number of carbonyl (C=O) groups is 2. The van der Waals surface area contributed by atoms with Crippen molar-refractivity contribution in [2.75, 3.05) is 6.54 Å². The molecule has 1 unspecified atom stereocenters. The molecule has 1 aliphatic rings. The highest BCUT2D eigenvalue weighted by atomic mass is 16.4. The van der Waals surface area contributed by atoms with Crippen molar-refractivity contribution in [1.82, 2.24) is 5.32 Å². The van der Waals surface area contributed by atoms with Crippen molar-refractivity contribution < 1.29 is 19.8 Å². The number of amides is 1. The summed E-state index contributed by atoms with van der Waals surface area (Å²) in [7, 11) is 0. The van der Waals surface area contributed by atoms with Crippen molar-refractivity contribution in [3.63, 3.8) is 0 Å². The van der Waals surface area contributed by atoms with Crippen molar-refractivity contribution in [3.05, 3.63) is 0 Å². The van der Waals surface area contributed by atoms with Gasteiger partial charge in [-0.1, -0.05) is 6.92 Å². The van der Waals surface area contributed by atoms with Crippen molar-refractivity contribution in [2.24, 2.45) is 11.7 Å². The van der Waals surface area contributed by atoms with E-state index in [1.54, 1.807) is 0 Å². The van der Waals surface area contributed by atoms with Gasteiger partial charge in [0, 0.05) is 6.54 Å². The Bertz CT molecular complexity index is 311. The molecule has 0 aliphatic heterocycles. The number of nitrogens with two attached hydrogens (primary N) is 1. The molecule has 1 amide bonds. The number of aliphatic carboxylic acids is 1. The molecule has 1 atom stereocenters. The van der Waals surface area contributed by atoms with Crippen LogP contribution in [0, 0.1) is 5.92 Å². The zero-order chi connectivity index (χ0) is 13.8. The van der Waals surface area contributed by atoms with Crippen LogP contribution in [0.4, 0.5) is 0 Å². The Labute approximate surface area is 107 Å². The van der Waals surface area contributed by atoms with E-state index >= 15 is 0 Å². The van der Waals surface area contributed by atoms with Gasteiger partial charge in [0.05, 0.1) is 18.1 Å². The molecular weight excluding hydrogens is 236 g/mol. The van der Waals surface area contributed by atoms with Crippen molar-refractivity contribution in [3.8, 4) is 0 Å². The van der Waals surface area contributed by atoms with Gasteiger partial charge in [0.1, 0.15) is 0 Å². The van der Waals surface area contributed by atoms with Gasteiger partial charge in [-0.15, -0.1) is 0 Å². The third-order valence-corrected chi connectivity index (χ3v) is 3.53. The normalized spacial score (nSPS) is 29.6. The van der Waals surface area contributed by atoms with Crippen molar-refractivity contribution in [2.45, 2.75) is 50.7 Å². The quantitative estimate of drug-likeness (QED) is 0.547. The van der Waals surface area contributed by atoms with Crippen LogP contribution in [0.2, 0.25) is 0 Å². The number of aliphatic hydroxyl groups is 1. The highest BCUT2D eigenvalue weighted by Crippen LogP contribution is 2.31. The minimum Gasteiger partial charge on any atom is -0.481 e. The van der Waals surface area contributed by atoms with Crippen LogP contribution in [0.15, 0.2) is 0 Å². The number of carboxylic acids is 1. The molecule has 18 heavy (non-hydrogen) atoms. The Morgan fingerprint density at radius 2 is 2.00 bits per heavy atom. The first-order valence-corrected chi connectivity index (χ1v) is 6.30. The highest BCUT2D eigenvalue weighted by Gasteiger charge is 2.32. The fourth-order valence-corrected chi connectivity index (χ4v) is 2.14. The molecule has 104 valence electrons. The topological polar surface area (TPSA) is 113 Å². The van der Waals surface area contributed by atoms with Crippen LogP contribution in [0.1, 0.15) is 39.0 Å². The van der Waals surface area contributed by atoms with Gasteiger partial charge in [-0.05, 0) is 31.6 Å². The maximum Gasteiger partial charge on any atom is 0.305 e. The summed E-state index contributed by atoms with van der Waals surface area (Å²) in [6.07, 6.45) is 2.79. The first-order chi connectivity index (χ1) is 8.32. The second-order valence-corrected chi connectivity index (χ2v) is 5.33. The lowest BCUT2D eigenvalue weighted by molar-refractivity contribution is -0.139. The monoisotopic (exact) mass is 258 g/mol. The molecule has 1 aliphatic carbocycles. The summed E-state index contributed by atoms with van der Waals surface area (Å²) in [5.74, 6) is -1.03. The molecule has 0 saturated heterocycles. The van der Waals surface area contributed by atoms with Gasteiger partial charge in [-0.3, -0.25) is 9.59 Å². The van der Waals surface area contributed by atoms with Crippen LogP contribution in [0.25, 0.3) is 0 Å². The molecule has 0 heterocycles. The minimum absolute atomic E-state index is 0.145. The van der Waals surface area contributed by atoms with E-state index in [9.17, 15) is 14.7 Å². The summed E-state index contributed by atoms with van der Waals surface area (Å²) in [5, 5.41) is 21.3. The van der Waals surface area contributed by atoms with Crippen LogP contribution in [-0.2, 0) is 9.59 Å². The SMILES string of the molecule is CC1CCC(O)(CNC(=O)C(N)CC(=O)O)CC1. The lowest BCUT2D eigenvalue weighted by Gasteiger charge is -2.35. The zero-order valence-electron chi connectivity index (χ0n) is 10.7. The molecule has 0 aromatic heterocycles. The standard InChI is InChI=1S/C12H22N2O4/c1-8-2-4-12(18,5-3-8)7-14-11(17)9(13)6-10(15)16/h8-9,18H,2-7,13H2,1H3,(H,14,17)(H,15,16). The zero-order valence-corrected chi connectivity index (χ0v) is 10.7. The Morgan fingerprint density at radius 1 is 1.44 bits per heavy atom. The van der Waals surface area contributed by atoms with Crippen LogP contribution < -0.4 is 11.1 Å². The molecule has 1 rings (SSSR count). The number of hydrogen-bond donors (Lipinski definition) is 4. The van der Waals surface area contributed by atoms with Gasteiger partial charge in [0.25, 0.3) is 0 Å². The Hall–Kier alpha value is -1.14. The van der Waals surface area contributed by atoms with Gasteiger partial charge in [0.15, 0.2) is 0 Å². The summed E-state index contributed by atoms with van der Waals surface area (Å²) in [4.78, 5) is 21.9. The maximum atomic E-state index is 11.5. The second kappa shape index (κ2) is 6.15. The smallest absolute Gasteiger partial charge is 0.305 e. The number of carboxylic acid groups (broad SMARTS) is 1. The molecule has 0 bridgehead atoms. The third kappa shape index (κ3) is 4.62. The van der Waals surface area contributed by atoms with E-state index < -0.39 is 29.9 Å². The molecule has 0 radical (unpaired) electrons. The molecular formula is C12H22N2O4. The Morgan fingerprint density at radius 3 is 2.50 bits per heavy atom. The fourth-order valence-electron chi connectivity index (χ4n) is 2.14. The third-order valence-electron chi connectivity index (χ3n) is 3.53. The maximum absolute atomic E-state index is 11.5. The average Bonchev–Trinajstić information content (AvgIpc) is 2.29. The minimum atomic E-state index is -1.11. The van der Waals surface area contributed by atoms with Crippen LogP contribution in [-0.4, -0.2) is 40.3 Å². The predicted molar refractivity (Wildman–Crippen MR) is 65.8 cm³/mol. The van der Waals surface area contributed by atoms with Crippen molar-refractivity contribution in [1.29, 1.82) is 0 Å². The second-order valence-electron chi connectivity index (χ2n) is 5.33. The van der Waals surface area contributed by atoms with Gasteiger partial charge < -0.3 is 21.3 Å². The highest BCUT2D eigenvalue weighted by molar-refractivity contribution is 5.85. The predicted octanol–water partition coefficient (Wildman–Crippen LogP) is -0.154. The lowest BCUT2D eigenvalue weighted by atomic mass is 9.79. The van der Waals surface area contributed by atoms with E-state index in [0.717, 1.165) is 12.8 Å². The van der Waals surface area contributed by atoms with Crippen LogP contribution in [0.3, 0.4) is 0 Å². The molecule has 6 nitrogen and oxygen atoms in total. The van der Waals surface area contributed by atoms with E-state index in [1.807, 2.05) is 0 Å². The van der Waals surface area contributed by atoms with Crippen LogP contribution in [0.5, 0.6) is 0 Å². The van der Waals surface area contributed by atoms with Crippen molar-refractivity contribution >= 4 is 11.9 Å². The van der Waals surface area contributed by atoms with Gasteiger partial charge in [-0.25, -0.2) is 0 Å². The molecule has 1 fully saturated rings. The summed E-state index contributed by atoms with van der Waals surface area (Å²) >= 11 is 0. The summed E-state index contributed by atoms with van der Waals surface area (Å²) in [5.41, 5.74) is 4.55. The number of carbonyl (C=O) groups excluding carboxylic acids is 1. The fraction of sp³-hybridized carbons (Fsp3) is 0.833. The molecule has 5 N–H and O–H groups in total. The number of rotatable bonds is 5.